The molecule has 0 unspecified atom stereocenters. The maximum Gasteiger partial charge on any atom is 0.0562 e. The van der Waals surface area contributed by atoms with Crippen molar-refractivity contribution in [3.63, 3.8) is 0 Å². The second-order valence-electron chi connectivity index (χ2n) is 14.9. The first-order valence-electron chi connectivity index (χ1n) is 19.5. The first-order chi connectivity index (χ1) is 28.3. The quantitative estimate of drug-likeness (QED) is 0.166. The molecule has 0 aliphatic carbocycles. The van der Waals surface area contributed by atoms with E-state index >= 15 is 0 Å². The Hall–Kier alpha value is -7.20. The Morgan fingerprint density at radius 2 is 0.825 bits per heavy atom. The fourth-order valence-electron chi connectivity index (χ4n) is 9.07. The molecule has 3 heteroatoms. The Bertz CT molecular complexity index is 3490. The van der Waals surface area contributed by atoms with E-state index in [-0.39, 0.29) is 0 Å². The van der Waals surface area contributed by atoms with Gasteiger partial charge in [0.05, 0.1) is 22.1 Å². The van der Waals surface area contributed by atoms with E-state index in [9.17, 15) is 0 Å². The van der Waals surface area contributed by atoms with Crippen LogP contribution in [0.2, 0.25) is 0 Å². The maximum absolute atomic E-state index is 2.46. The Morgan fingerprint density at radius 1 is 0.281 bits per heavy atom. The standard InChI is InChI=1S/C54H34N2S/c1-3-13-35(14-4-1)37-15-11-16-38(31-37)39-27-30-50-46(32-39)48-33-47-43-19-7-9-23-49(43)55(40-17-5-2-6-18-40)51(47)34-52(48)56(50)41-28-25-36(26-29-41)42-21-12-22-45-44-20-8-10-24-53(44)57-54(42)45/h1-34H. The van der Waals surface area contributed by atoms with Crippen molar-refractivity contribution in [2.24, 2.45) is 0 Å². The molecule has 0 aliphatic rings. The lowest BCUT2D eigenvalue weighted by Gasteiger charge is -2.11. The van der Waals surface area contributed by atoms with Crippen molar-refractivity contribution in [3.8, 4) is 44.8 Å². The number of benzene rings is 9. The Morgan fingerprint density at radius 3 is 1.63 bits per heavy atom. The van der Waals surface area contributed by atoms with Crippen LogP contribution in [0.4, 0.5) is 0 Å². The zero-order valence-corrected chi connectivity index (χ0v) is 31.7. The molecule has 0 saturated heterocycles. The minimum absolute atomic E-state index is 1.14. The van der Waals surface area contributed by atoms with Gasteiger partial charge in [0, 0.05) is 53.1 Å². The lowest BCUT2D eigenvalue weighted by molar-refractivity contribution is 1.16. The highest BCUT2D eigenvalue weighted by Gasteiger charge is 2.20. The van der Waals surface area contributed by atoms with Crippen LogP contribution in [0.25, 0.3) is 109 Å². The Labute approximate surface area is 333 Å². The van der Waals surface area contributed by atoms with E-state index in [1.54, 1.807) is 0 Å². The molecule has 0 atom stereocenters. The molecule has 0 N–H and O–H groups in total. The van der Waals surface area contributed by atoms with Crippen molar-refractivity contribution in [2.75, 3.05) is 0 Å². The first-order valence-corrected chi connectivity index (χ1v) is 20.3. The molecule has 9 aromatic carbocycles. The van der Waals surface area contributed by atoms with Crippen molar-refractivity contribution in [3.05, 3.63) is 206 Å². The van der Waals surface area contributed by atoms with Gasteiger partial charge in [0.25, 0.3) is 0 Å². The molecule has 0 bridgehead atoms. The van der Waals surface area contributed by atoms with E-state index < -0.39 is 0 Å². The third-order valence-corrected chi connectivity index (χ3v) is 12.9. The summed E-state index contributed by atoms with van der Waals surface area (Å²) in [5.74, 6) is 0. The van der Waals surface area contributed by atoms with Crippen molar-refractivity contribution >= 4 is 75.1 Å². The smallest absolute Gasteiger partial charge is 0.0562 e. The van der Waals surface area contributed by atoms with E-state index in [0.29, 0.717) is 0 Å². The molecule has 3 heterocycles. The lowest BCUT2D eigenvalue weighted by atomic mass is 9.98. The van der Waals surface area contributed by atoms with Crippen molar-refractivity contribution < 1.29 is 0 Å². The van der Waals surface area contributed by atoms with E-state index in [2.05, 4.69) is 215 Å². The van der Waals surface area contributed by atoms with E-state index in [4.69, 9.17) is 0 Å². The molecule has 57 heavy (non-hydrogen) atoms. The van der Waals surface area contributed by atoms with Crippen LogP contribution in [0.3, 0.4) is 0 Å². The van der Waals surface area contributed by atoms with Gasteiger partial charge in [0.1, 0.15) is 0 Å². The minimum Gasteiger partial charge on any atom is -0.309 e. The van der Waals surface area contributed by atoms with Crippen molar-refractivity contribution in [2.45, 2.75) is 0 Å². The summed E-state index contributed by atoms with van der Waals surface area (Å²) in [5.41, 5.74) is 14.4. The highest BCUT2D eigenvalue weighted by Crippen LogP contribution is 2.43. The Kier molecular flexibility index (Phi) is 7.13. The van der Waals surface area contributed by atoms with Gasteiger partial charge in [-0.3, -0.25) is 0 Å². The molecule has 0 saturated carbocycles. The van der Waals surface area contributed by atoms with Gasteiger partial charge < -0.3 is 9.13 Å². The molecular formula is C54H34N2S. The summed E-state index contributed by atoms with van der Waals surface area (Å²) < 4.78 is 7.54. The predicted octanol–water partition coefficient (Wildman–Crippen LogP) is 15.2. The third kappa shape index (κ3) is 5.03. The zero-order valence-electron chi connectivity index (χ0n) is 30.9. The number of hydrogen-bond donors (Lipinski definition) is 0. The molecule has 0 aliphatic heterocycles. The number of rotatable bonds is 5. The number of para-hydroxylation sites is 2. The van der Waals surface area contributed by atoms with Gasteiger partial charge in [0.2, 0.25) is 0 Å². The largest absolute Gasteiger partial charge is 0.309 e. The summed E-state index contributed by atoms with van der Waals surface area (Å²) in [6.07, 6.45) is 0. The zero-order chi connectivity index (χ0) is 37.5. The molecule has 0 radical (unpaired) electrons. The second-order valence-corrected chi connectivity index (χ2v) is 16.0. The molecule has 266 valence electrons. The minimum atomic E-state index is 1.14. The van der Waals surface area contributed by atoms with Crippen molar-refractivity contribution in [1.82, 2.24) is 9.13 Å². The summed E-state index contributed by atoms with van der Waals surface area (Å²) >= 11 is 1.88. The van der Waals surface area contributed by atoms with Gasteiger partial charge in [-0.2, -0.15) is 0 Å². The molecule has 3 aromatic heterocycles. The summed E-state index contributed by atoms with van der Waals surface area (Å²) in [4.78, 5) is 0. The van der Waals surface area contributed by atoms with Crippen LogP contribution in [0.15, 0.2) is 206 Å². The molecule has 0 fully saturated rings. The predicted molar refractivity (Wildman–Crippen MR) is 244 cm³/mol. The average molecular weight is 743 g/mol. The molecule has 0 spiro atoms. The van der Waals surface area contributed by atoms with E-state index in [0.717, 1.165) is 11.4 Å². The third-order valence-electron chi connectivity index (χ3n) is 11.7. The molecule has 12 aromatic rings. The van der Waals surface area contributed by atoms with Gasteiger partial charge in [-0.05, 0) is 100 Å². The van der Waals surface area contributed by atoms with Crippen LogP contribution in [0.1, 0.15) is 0 Å². The topological polar surface area (TPSA) is 9.86 Å². The van der Waals surface area contributed by atoms with E-state index in [1.807, 2.05) is 11.3 Å². The van der Waals surface area contributed by atoms with Crippen molar-refractivity contribution in [1.29, 1.82) is 0 Å². The highest BCUT2D eigenvalue weighted by molar-refractivity contribution is 7.26. The van der Waals surface area contributed by atoms with Crippen LogP contribution in [-0.2, 0) is 0 Å². The number of fused-ring (bicyclic) bond motifs is 9. The fraction of sp³-hybridized carbons (Fsp3) is 0. The number of nitrogens with zero attached hydrogens (tertiary/aromatic N) is 2. The van der Waals surface area contributed by atoms with E-state index in [1.165, 1.54) is 97.2 Å². The van der Waals surface area contributed by atoms with Gasteiger partial charge in [0.15, 0.2) is 0 Å². The summed E-state index contributed by atoms with van der Waals surface area (Å²) in [5, 5.41) is 7.64. The number of aromatic nitrogens is 2. The molecule has 2 nitrogen and oxygen atoms in total. The van der Waals surface area contributed by atoms with Crippen LogP contribution < -0.4 is 0 Å². The normalized spacial score (nSPS) is 11.9. The SMILES string of the molecule is c1ccc(-c2cccc(-c3ccc4c(c3)c3cc5c6ccccc6n(-c6ccccc6)c5cc3n4-c3ccc(-c4cccc5c4sc4ccccc45)cc3)c2)cc1. The number of hydrogen-bond acceptors (Lipinski definition) is 1. The summed E-state index contributed by atoms with van der Waals surface area (Å²) in [7, 11) is 0. The van der Waals surface area contributed by atoms with Gasteiger partial charge in [-0.1, -0.05) is 140 Å². The Balaban J connectivity index is 1.09. The fourth-order valence-corrected chi connectivity index (χ4v) is 10.3. The van der Waals surface area contributed by atoms with Crippen LogP contribution >= 0.6 is 11.3 Å². The number of thiophene rings is 1. The molecular weight excluding hydrogens is 709 g/mol. The van der Waals surface area contributed by atoms with Gasteiger partial charge in [-0.15, -0.1) is 11.3 Å². The average Bonchev–Trinajstić information content (AvgIpc) is 3.93. The first kappa shape index (κ1) is 32.1. The van der Waals surface area contributed by atoms with Crippen LogP contribution in [0.5, 0.6) is 0 Å². The molecule has 0 amide bonds. The monoisotopic (exact) mass is 742 g/mol. The van der Waals surface area contributed by atoms with Crippen LogP contribution in [0, 0.1) is 0 Å². The van der Waals surface area contributed by atoms with Crippen LogP contribution in [-0.4, -0.2) is 9.13 Å². The summed E-state index contributed by atoms with van der Waals surface area (Å²) in [6.45, 7) is 0. The second kappa shape index (κ2) is 12.7. The molecule has 12 rings (SSSR count). The van der Waals surface area contributed by atoms with Gasteiger partial charge in [-0.25, -0.2) is 0 Å². The lowest BCUT2D eigenvalue weighted by Crippen LogP contribution is -1.96. The summed E-state index contributed by atoms with van der Waals surface area (Å²) in [6, 6.07) is 75.7. The van der Waals surface area contributed by atoms with Gasteiger partial charge >= 0.3 is 0 Å². The highest BCUT2D eigenvalue weighted by atomic mass is 32.1. The maximum atomic E-state index is 2.46.